The van der Waals surface area contributed by atoms with Gasteiger partial charge in [0.25, 0.3) is 0 Å². The third kappa shape index (κ3) is 3.21. The molecule has 0 radical (unpaired) electrons. The number of aliphatic hydroxyl groups excluding tert-OH is 1. The van der Waals surface area contributed by atoms with E-state index in [0.717, 1.165) is 6.42 Å². The smallest absolute Gasteiger partial charge is 0.333 e. The number of hydrogen-bond acceptors (Lipinski definition) is 5. The van der Waals surface area contributed by atoms with Gasteiger partial charge < -0.3 is 14.6 Å². The van der Waals surface area contributed by atoms with Crippen LogP contribution in [-0.2, 0) is 20.7 Å². The van der Waals surface area contributed by atoms with Gasteiger partial charge in [0, 0.05) is 18.4 Å². The summed E-state index contributed by atoms with van der Waals surface area (Å²) < 4.78 is 11.7. The molecule has 4 atom stereocenters. The highest BCUT2D eigenvalue weighted by atomic mass is 16.5. The fraction of sp³-hybridized carbons (Fsp3) is 0.522. The molecule has 0 bridgehead atoms. The maximum absolute atomic E-state index is 12.4. The summed E-state index contributed by atoms with van der Waals surface area (Å²) in [6.45, 7) is 6.61. The Kier molecular flexibility index (Phi) is 5.41. The molecule has 3 aliphatic rings. The van der Waals surface area contributed by atoms with Crippen molar-refractivity contribution in [3.63, 3.8) is 0 Å². The zero-order valence-corrected chi connectivity index (χ0v) is 16.8. The van der Waals surface area contributed by atoms with E-state index < -0.39 is 0 Å². The van der Waals surface area contributed by atoms with Crippen molar-refractivity contribution < 1.29 is 19.4 Å². The first-order valence-electron chi connectivity index (χ1n) is 10.2. The molecule has 1 fully saturated rings. The Bertz CT molecular complexity index is 813. The van der Waals surface area contributed by atoms with E-state index in [9.17, 15) is 9.90 Å². The Balaban J connectivity index is 1.74. The van der Waals surface area contributed by atoms with E-state index in [0.29, 0.717) is 24.5 Å². The molecule has 0 aromatic heterocycles. The van der Waals surface area contributed by atoms with Gasteiger partial charge in [-0.25, -0.2) is 4.79 Å². The van der Waals surface area contributed by atoms with Gasteiger partial charge in [-0.1, -0.05) is 50.3 Å². The predicted molar refractivity (Wildman–Crippen MR) is 107 cm³/mol. The van der Waals surface area contributed by atoms with Crippen LogP contribution in [0.25, 0.3) is 0 Å². The van der Waals surface area contributed by atoms with Crippen molar-refractivity contribution in [2.24, 2.45) is 0 Å². The highest BCUT2D eigenvalue weighted by Gasteiger charge is 2.52. The van der Waals surface area contributed by atoms with Crippen LogP contribution in [0.3, 0.4) is 0 Å². The fourth-order valence-corrected chi connectivity index (χ4v) is 4.91. The van der Waals surface area contributed by atoms with E-state index >= 15 is 0 Å². The molecule has 1 N–H and O–H groups in total. The van der Waals surface area contributed by atoms with Gasteiger partial charge in [0.2, 0.25) is 0 Å². The number of nitrogens with zero attached hydrogens (tertiary/aromatic N) is 1. The molecular weight excluding hydrogens is 354 g/mol. The average molecular weight is 383 g/mol. The molecule has 0 spiro atoms. The number of fused-ring (bicyclic) bond motifs is 5. The van der Waals surface area contributed by atoms with Gasteiger partial charge in [0.15, 0.2) is 0 Å². The molecule has 0 unspecified atom stereocenters. The summed E-state index contributed by atoms with van der Waals surface area (Å²) >= 11 is 0. The maximum Gasteiger partial charge on any atom is 0.333 e. The van der Waals surface area contributed by atoms with E-state index in [1.54, 1.807) is 6.08 Å². The van der Waals surface area contributed by atoms with Gasteiger partial charge in [-0.05, 0) is 29.5 Å². The molecule has 4 rings (SSSR count). The van der Waals surface area contributed by atoms with Crippen molar-refractivity contribution >= 4 is 5.97 Å². The van der Waals surface area contributed by atoms with Crippen LogP contribution in [-0.4, -0.2) is 47.6 Å². The number of ether oxygens (including phenoxy) is 2. The second-order valence-corrected chi connectivity index (χ2v) is 8.02. The Morgan fingerprint density at radius 2 is 2.21 bits per heavy atom. The molecule has 28 heavy (non-hydrogen) atoms. The lowest BCUT2D eigenvalue weighted by molar-refractivity contribution is -0.139. The van der Waals surface area contributed by atoms with E-state index in [1.165, 1.54) is 16.7 Å². The number of esters is 1. The second kappa shape index (κ2) is 7.82. The number of rotatable bonds is 5. The van der Waals surface area contributed by atoms with Gasteiger partial charge in [-0.2, -0.15) is 0 Å². The Labute approximate surface area is 166 Å². The monoisotopic (exact) mass is 383 g/mol. The lowest BCUT2D eigenvalue weighted by Crippen LogP contribution is -2.43. The van der Waals surface area contributed by atoms with Crippen LogP contribution in [0.1, 0.15) is 55.8 Å². The Morgan fingerprint density at radius 3 is 2.93 bits per heavy atom. The minimum atomic E-state index is -0.270. The molecule has 0 saturated carbocycles. The van der Waals surface area contributed by atoms with Gasteiger partial charge in [0.05, 0.1) is 31.4 Å². The van der Waals surface area contributed by atoms with E-state index in [1.807, 2.05) is 19.1 Å². The molecule has 2 heterocycles. The minimum absolute atomic E-state index is 0.0274. The summed E-state index contributed by atoms with van der Waals surface area (Å²) in [5, 5.41) is 9.31. The van der Waals surface area contributed by atoms with E-state index in [4.69, 9.17) is 9.47 Å². The van der Waals surface area contributed by atoms with E-state index in [-0.39, 0.29) is 37.0 Å². The molecule has 2 aliphatic heterocycles. The van der Waals surface area contributed by atoms with Crippen LogP contribution < -0.4 is 0 Å². The molecule has 0 amide bonds. The number of carbonyl (C=O) groups excluding carboxylic acids is 1. The Morgan fingerprint density at radius 1 is 1.39 bits per heavy atom. The second-order valence-electron chi connectivity index (χ2n) is 8.02. The lowest BCUT2D eigenvalue weighted by atomic mass is 9.90. The molecule has 1 aromatic carbocycles. The molecule has 1 aromatic rings. The number of carbonyl (C=O) groups is 1. The molecule has 5 nitrogen and oxygen atoms in total. The summed E-state index contributed by atoms with van der Waals surface area (Å²) in [7, 11) is 0. The predicted octanol–water partition coefficient (Wildman–Crippen LogP) is 3.24. The molecular formula is C23H29NO4. The van der Waals surface area contributed by atoms with Gasteiger partial charge in [-0.15, -0.1) is 0 Å². The van der Waals surface area contributed by atoms with Crippen molar-refractivity contribution in [3.8, 4) is 0 Å². The van der Waals surface area contributed by atoms with Crippen LogP contribution >= 0.6 is 0 Å². The Hall–Kier alpha value is -1.95. The number of aliphatic hydroxyl groups is 1. The number of benzene rings is 1. The molecule has 150 valence electrons. The fourth-order valence-electron chi connectivity index (χ4n) is 4.91. The maximum atomic E-state index is 12.4. The molecule has 5 heteroatoms. The molecule has 1 aliphatic carbocycles. The summed E-state index contributed by atoms with van der Waals surface area (Å²) in [4.78, 5) is 14.7. The first kappa shape index (κ1) is 19.4. The van der Waals surface area contributed by atoms with Crippen LogP contribution in [0.2, 0.25) is 0 Å². The average Bonchev–Trinajstić information content (AvgIpc) is 3.20. The topological polar surface area (TPSA) is 59.0 Å². The van der Waals surface area contributed by atoms with Crippen molar-refractivity contribution in [2.75, 3.05) is 13.2 Å². The SMILES string of the molecule is CCOC(=O)C1=C[C@@H](/C=C/CO)N2[C@@H](C1)O[C@@H]1Cc3cccc(C(C)C)c3[C@@H]12. The van der Waals surface area contributed by atoms with Gasteiger partial charge >= 0.3 is 5.97 Å². The number of hydrogen-bond donors (Lipinski definition) is 1. The van der Waals surface area contributed by atoms with Crippen molar-refractivity contribution in [1.82, 2.24) is 4.90 Å². The summed E-state index contributed by atoms with van der Waals surface area (Å²) in [5.41, 5.74) is 4.79. The summed E-state index contributed by atoms with van der Waals surface area (Å²) in [6.07, 6.45) is 7.06. The first-order chi connectivity index (χ1) is 13.5. The van der Waals surface area contributed by atoms with Crippen LogP contribution in [0.4, 0.5) is 0 Å². The lowest BCUT2D eigenvalue weighted by Gasteiger charge is -2.37. The minimum Gasteiger partial charge on any atom is -0.463 e. The van der Waals surface area contributed by atoms with Crippen LogP contribution in [0.15, 0.2) is 42.0 Å². The first-order valence-corrected chi connectivity index (χ1v) is 10.2. The van der Waals surface area contributed by atoms with E-state index in [2.05, 4.69) is 36.9 Å². The standard InChI is InChI=1S/C23H29NO4/c1-4-27-23(26)16-11-17(8-6-10-25)24-20(13-16)28-19-12-15-7-5-9-18(14(2)3)21(15)22(19)24/h5-9,11,14,17,19-20,22,25H,4,10,12-13H2,1-3H3/b8-6+/t17-,19-,20-,22-/m1/s1. The zero-order chi connectivity index (χ0) is 19.8. The van der Waals surface area contributed by atoms with Gasteiger partial charge in [-0.3, -0.25) is 4.90 Å². The zero-order valence-electron chi connectivity index (χ0n) is 16.8. The van der Waals surface area contributed by atoms with Crippen LogP contribution in [0.5, 0.6) is 0 Å². The third-order valence-electron chi connectivity index (χ3n) is 5.99. The van der Waals surface area contributed by atoms with Crippen molar-refractivity contribution in [1.29, 1.82) is 0 Å². The van der Waals surface area contributed by atoms with Gasteiger partial charge in [0.1, 0.15) is 6.23 Å². The normalized spacial score (nSPS) is 29.0. The van der Waals surface area contributed by atoms with Crippen molar-refractivity contribution in [2.45, 2.75) is 63.9 Å². The highest BCUT2D eigenvalue weighted by molar-refractivity contribution is 5.89. The van der Waals surface area contributed by atoms with Crippen LogP contribution in [0, 0.1) is 0 Å². The summed E-state index contributed by atoms with van der Waals surface area (Å²) in [6, 6.07) is 6.64. The highest BCUT2D eigenvalue weighted by Crippen LogP contribution is 2.50. The third-order valence-corrected chi connectivity index (χ3v) is 5.99. The summed E-state index contributed by atoms with van der Waals surface area (Å²) in [5.74, 6) is 0.170. The quantitative estimate of drug-likeness (QED) is 0.625. The van der Waals surface area contributed by atoms with Crippen molar-refractivity contribution in [3.05, 3.63) is 58.7 Å². The molecule has 1 saturated heterocycles. The largest absolute Gasteiger partial charge is 0.463 e.